The van der Waals surface area contributed by atoms with E-state index in [4.69, 9.17) is 0 Å². The van der Waals surface area contributed by atoms with E-state index in [0.29, 0.717) is 0 Å². The van der Waals surface area contributed by atoms with Crippen LogP contribution < -0.4 is 10.9 Å². The van der Waals surface area contributed by atoms with Gasteiger partial charge in [-0.3, -0.25) is 9.59 Å². The zero-order chi connectivity index (χ0) is 14.0. The second-order valence-electron chi connectivity index (χ2n) is 6.05. The van der Waals surface area contributed by atoms with Crippen molar-refractivity contribution in [1.29, 1.82) is 0 Å². The van der Waals surface area contributed by atoms with Crippen molar-refractivity contribution in [2.24, 2.45) is 0 Å². The molecule has 0 bridgehead atoms. The highest BCUT2D eigenvalue weighted by Gasteiger charge is 2.40. The second-order valence-corrected chi connectivity index (χ2v) is 6.05. The van der Waals surface area contributed by atoms with Crippen LogP contribution in [0.25, 0.3) is 5.57 Å². The van der Waals surface area contributed by atoms with Crippen molar-refractivity contribution in [3.05, 3.63) is 72.5 Å². The summed E-state index contributed by atoms with van der Waals surface area (Å²) in [5.41, 5.74) is 6.35. The topological polar surface area (TPSA) is 34.1 Å². The number of rotatable bonds is 0. The summed E-state index contributed by atoms with van der Waals surface area (Å²) in [6.07, 6.45) is 1.94. The SMILES string of the molecule is CC1=C2c3ccccc3CC[C@H]2c2c(c(=O)c2=O)[C@@H]1C. The minimum Gasteiger partial charge on any atom is -0.285 e. The first-order chi connectivity index (χ1) is 9.61. The predicted molar refractivity (Wildman–Crippen MR) is 79.9 cm³/mol. The fraction of sp³-hybridized carbons (Fsp3) is 0.333. The average Bonchev–Trinajstić information content (AvgIpc) is 2.48. The molecule has 2 heteroatoms. The van der Waals surface area contributed by atoms with Gasteiger partial charge in [0.2, 0.25) is 10.9 Å². The normalized spacial score (nSPS) is 24.3. The third kappa shape index (κ3) is 1.24. The van der Waals surface area contributed by atoms with E-state index in [2.05, 4.69) is 38.1 Å². The summed E-state index contributed by atoms with van der Waals surface area (Å²) in [4.78, 5) is 23.8. The summed E-state index contributed by atoms with van der Waals surface area (Å²) < 4.78 is 0. The molecule has 2 atom stereocenters. The molecule has 2 aromatic rings. The fourth-order valence-corrected chi connectivity index (χ4v) is 4.06. The van der Waals surface area contributed by atoms with E-state index >= 15 is 0 Å². The molecule has 0 radical (unpaired) electrons. The monoisotopic (exact) mass is 264 g/mol. The van der Waals surface area contributed by atoms with E-state index < -0.39 is 0 Å². The van der Waals surface area contributed by atoms with Gasteiger partial charge in [0.05, 0.1) is 0 Å². The molecule has 20 heavy (non-hydrogen) atoms. The van der Waals surface area contributed by atoms with Crippen LogP contribution in [0.4, 0.5) is 0 Å². The van der Waals surface area contributed by atoms with Gasteiger partial charge in [-0.2, -0.15) is 0 Å². The molecule has 0 saturated carbocycles. The standard InChI is InChI=1S/C18H16O2/c1-9-10(2)15-16(18(20)17(15)19)13-8-7-11-5-3-4-6-12(11)14(9)13/h3-6,10,13H,7-8H2,1-2H3/t10-,13-/m1/s1. The van der Waals surface area contributed by atoms with E-state index in [1.807, 2.05) is 0 Å². The molecule has 0 saturated heterocycles. The predicted octanol–water partition coefficient (Wildman–Crippen LogP) is 2.90. The maximum absolute atomic E-state index is 12.0. The maximum atomic E-state index is 12.0. The number of fused-ring (bicyclic) bond motifs is 5. The lowest BCUT2D eigenvalue weighted by molar-refractivity contribution is 0.660. The molecule has 0 heterocycles. The van der Waals surface area contributed by atoms with Crippen molar-refractivity contribution in [2.75, 3.05) is 0 Å². The summed E-state index contributed by atoms with van der Waals surface area (Å²) in [6.45, 7) is 4.17. The average molecular weight is 264 g/mol. The van der Waals surface area contributed by atoms with Crippen molar-refractivity contribution < 1.29 is 0 Å². The highest BCUT2D eigenvalue weighted by molar-refractivity contribution is 5.81. The number of allylic oxidation sites excluding steroid dienone is 2. The maximum Gasteiger partial charge on any atom is 0.230 e. The zero-order valence-electron chi connectivity index (χ0n) is 11.7. The first-order valence-electron chi connectivity index (χ1n) is 7.23. The van der Waals surface area contributed by atoms with Crippen LogP contribution >= 0.6 is 0 Å². The molecule has 4 rings (SSSR count). The molecule has 0 aromatic heterocycles. The molecule has 100 valence electrons. The van der Waals surface area contributed by atoms with Crippen LogP contribution in [-0.4, -0.2) is 0 Å². The molecule has 2 aliphatic carbocycles. The Balaban J connectivity index is 2.01. The molecule has 0 aliphatic heterocycles. The van der Waals surface area contributed by atoms with Crippen LogP contribution in [0.3, 0.4) is 0 Å². The molecule has 0 spiro atoms. The Labute approximate surface area is 117 Å². The van der Waals surface area contributed by atoms with E-state index in [9.17, 15) is 9.59 Å². The minimum atomic E-state index is -0.246. The Kier molecular flexibility index (Phi) is 2.24. The van der Waals surface area contributed by atoms with Gasteiger partial charge in [0.15, 0.2) is 0 Å². The minimum absolute atomic E-state index is 0.0904. The third-order valence-corrected chi connectivity index (χ3v) is 5.20. The summed E-state index contributed by atoms with van der Waals surface area (Å²) in [6, 6.07) is 8.46. The van der Waals surface area contributed by atoms with Gasteiger partial charge in [0, 0.05) is 23.0 Å². The lowest BCUT2D eigenvalue weighted by Crippen LogP contribution is -2.45. The Hall–Kier alpha value is -1.96. The van der Waals surface area contributed by atoms with E-state index in [0.717, 1.165) is 24.0 Å². The van der Waals surface area contributed by atoms with Gasteiger partial charge < -0.3 is 0 Å². The van der Waals surface area contributed by atoms with Gasteiger partial charge in [-0.25, -0.2) is 0 Å². The van der Waals surface area contributed by atoms with Crippen LogP contribution in [0.2, 0.25) is 0 Å². The largest absolute Gasteiger partial charge is 0.285 e. The van der Waals surface area contributed by atoms with Gasteiger partial charge in [0.1, 0.15) is 0 Å². The number of aryl methyl sites for hydroxylation is 1. The van der Waals surface area contributed by atoms with Crippen molar-refractivity contribution in [3.8, 4) is 0 Å². The van der Waals surface area contributed by atoms with E-state index in [-0.39, 0.29) is 22.7 Å². The summed E-state index contributed by atoms with van der Waals surface area (Å²) in [7, 11) is 0. The van der Waals surface area contributed by atoms with Gasteiger partial charge in [-0.05, 0) is 36.5 Å². The lowest BCUT2D eigenvalue weighted by Gasteiger charge is -2.38. The molecule has 0 unspecified atom stereocenters. The quantitative estimate of drug-likeness (QED) is 0.686. The van der Waals surface area contributed by atoms with E-state index in [1.54, 1.807) is 0 Å². The smallest absolute Gasteiger partial charge is 0.230 e. The first kappa shape index (κ1) is 11.8. The summed E-state index contributed by atoms with van der Waals surface area (Å²) in [5, 5.41) is 0. The lowest BCUT2D eigenvalue weighted by atomic mass is 9.64. The Morgan fingerprint density at radius 1 is 1.05 bits per heavy atom. The molecule has 2 aromatic carbocycles. The number of benzene rings is 1. The first-order valence-corrected chi connectivity index (χ1v) is 7.23. The van der Waals surface area contributed by atoms with Gasteiger partial charge >= 0.3 is 0 Å². The number of hydrogen-bond donors (Lipinski definition) is 0. The van der Waals surface area contributed by atoms with Crippen molar-refractivity contribution in [2.45, 2.75) is 38.5 Å². The van der Waals surface area contributed by atoms with E-state index in [1.165, 1.54) is 22.3 Å². The molecule has 0 amide bonds. The highest BCUT2D eigenvalue weighted by Crippen LogP contribution is 2.50. The van der Waals surface area contributed by atoms with Crippen LogP contribution in [0.5, 0.6) is 0 Å². The molecule has 2 nitrogen and oxygen atoms in total. The van der Waals surface area contributed by atoms with Crippen molar-refractivity contribution in [1.82, 2.24) is 0 Å². The van der Waals surface area contributed by atoms with Crippen LogP contribution in [0.1, 0.15) is 54.4 Å². The molecular formula is C18H16O2. The number of hydrogen-bond acceptors (Lipinski definition) is 2. The molecule has 2 aliphatic rings. The summed E-state index contributed by atoms with van der Waals surface area (Å²) >= 11 is 0. The Bertz CT molecular complexity index is 831. The molecule has 0 N–H and O–H groups in total. The Morgan fingerprint density at radius 2 is 1.75 bits per heavy atom. The van der Waals surface area contributed by atoms with Gasteiger partial charge in [-0.15, -0.1) is 0 Å². The van der Waals surface area contributed by atoms with Crippen LogP contribution in [0.15, 0.2) is 39.4 Å². The fourth-order valence-electron chi connectivity index (χ4n) is 4.06. The third-order valence-electron chi connectivity index (χ3n) is 5.20. The molecular weight excluding hydrogens is 248 g/mol. The van der Waals surface area contributed by atoms with Gasteiger partial charge in [-0.1, -0.05) is 36.8 Å². The zero-order valence-corrected chi connectivity index (χ0v) is 11.7. The summed E-state index contributed by atoms with van der Waals surface area (Å²) in [5.74, 6) is 0.244. The second kappa shape index (κ2) is 3.78. The van der Waals surface area contributed by atoms with Gasteiger partial charge in [0.25, 0.3) is 0 Å². The molecule has 0 fully saturated rings. The highest BCUT2D eigenvalue weighted by atomic mass is 16.2. The van der Waals surface area contributed by atoms with Crippen LogP contribution in [0, 0.1) is 0 Å². The van der Waals surface area contributed by atoms with Crippen molar-refractivity contribution in [3.63, 3.8) is 0 Å². The van der Waals surface area contributed by atoms with Crippen molar-refractivity contribution >= 4 is 5.57 Å². The Morgan fingerprint density at radius 3 is 2.55 bits per heavy atom. The van der Waals surface area contributed by atoms with Crippen LogP contribution in [-0.2, 0) is 6.42 Å².